The average Bonchev–Trinajstić information content (AvgIpc) is 2.75. The molecule has 0 aliphatic heterocycles. The van der Waals surface area contributed by atoms with Crippen LogP contribution in [0.15, 0.2) is 30.6 Å². The Hall–Kier alpha value is -1.83. The van der Waals surface area contributed by atoms with E-state index in [1.807, 2.05) is 18.5 Å². The maximum absolute atomic E-state index is 4.45. The van der Waals surface area contributed by atoms with Gasteiger partial charge in [0.15, 0.2) is 0 Å². The van der Waals surface area contributed by atoms with Gasteiger partial charge in [-0.25, -0.2) is 0 Å². The Bertz CT molecular complexity index is 650. The van der Waals surface area contributed by atoms with Gasteiger partial charge in [0.25, 0.3) is 0 Å². The molecule has 3 aromatic rings. The van der Waals surface area contributed by atoms with Crippen molar-refractivity contribution < 1.29 is 0 Å². The van der Waals surface area contributed by atoms with Crippen molar-refractivity contribution in [1.29, 1.82) is 0 Å². The molecule has 0 amide bonds. The van der Waals surface area contributed by atoms with Crippen molar-refractivity contribution in [2.75, 3.05) is 0 Å². The zero-order chi connectivity index (χ0) is 10.4. The molecule has 1 aromatic carbocycles. The largest absolute Gasteiger partial charge is 0.359 e. The summed E-state index contributed by atoms with van der Waals surface area (Å²) >= 11 is 0. The first-order valence-electron chi connectivity index (χ1n) is 5.10. The number of nitrogens with zero attached hydrogens (tertiary/aromatic N) is 1. The van der Waals surface area contributed by atoms with Gasteiger partial charge in [-0.2, -0.15) is 0 Å². The molecular weight excluding hydrogens is 184 g/mol. The molecule has 0 fully saturated rings. The molecule has 0 spiro atoms. The summed E-state index contributed by atoms with van der Waals surface area (Å²) in [5.41, 5.74) is 4.88. The Labute approximate surface area is 88.0 Å². The Morgan fingerprint density at radius 3 is 2.73 bits per heavy atom. The fourth-order valence-corrected chi connectivity index (χ4v) is 2.19. The van der Waals surface area contributed by atoms with Crippen LogP contribution in [-0.2, 0) is 0 Å². The normalized spacial score (nSPS) is 11.3. The van der Waals surface area contributed by atoms with E-state index in [0.29, 0.717) is 0 Å². The molecule has 2 aromatic heterocycles. The molecule has 3 rings (SSSR count). The second kappa shape index (κ2) is 2.83. The van der Waals surface area contributed by atoms with E-state index in [4.69, 9.17) is 0 Å². The second-order valence-corrected chi connectivity index (χ2v) is 3.92. The first-order chi connectivity index (χ1) is 7.29. The number of hydrogen-bond donors (Lipinski definition) is 1. The van der Waals surface area contributed by atoms with Crippen molar-refractivity contribution in [3.05, 3.63) is 41.7 Å². The number of aromatic amines is 1. The molecule has 2 heteroatoms. The molecule has 0 saturated carbocycles. The lowest BCUT2D eigenvalue weighted by molar-refractivity contribution is 1.36. The monoisotopic (exact) mass is 196 g/mol. The summed E-state index contributed by atoms with van der Waals surface area (Å²) in [6.45, 7) is 4.32. The van der Waals surface area contributed by atoms with Gasteiger partial charge in [0.1, 0.15) is 0 Å². The van der Waals surface area contributed by atoms with Crippen molar-refractivity contribution in [1.82, 2.24) is 9.97 Å². The summed E-state index contributed by atoms with van der Waals surface area (Å²) < 4.78 is 0. The molecule has 15 heavy (non-hydrogen) atoms. The summed E-state index contributed by atoms with van der Waals surface area (Å²) in [4.78, 5) is 7.72. The minimum atomic E-state index is 1.07. The minimum Gasteiger partial charge on any atom is -0.359 e. The van der Waals surface area contributed by atoms with Gasteiger partial charge in [-0.05, 0) is 37.1 Å². The van der Waals surface area contributed by atoms with Crippen LogP contribution in [0.25, 0.3) is 21.8 Å². The standard InChI is InChI=1S/C13H12N2/c1-8-9(2)11-5-7-15-13(11)12-10(8)4-3-6-14-12/h3-7,15H,1-2H3. The first-order valence-corrected chi connectivity index (χ1v) is 5.10. The highest BCUT2D eigenvalue weighted by molar-refractivity contribution is 6.06. The van der Waals surface area contributed by atoms with Gasteiger partial charge in [0.05, 0.1) is 11.0 Å². The van der Waals surface area contributed by atoms with Gasteiger partial charge in [0, 0.05) is 23.2 Å². The van der Waals surface area contributed by atoms with E-state index in [2.05, 4.69) is 35.9 Å². The van der Waals surface area contributed by atoms with E-state index in [1.54, 1.807) is 0 Å². The van der Waals surface area contributed by atoms with Gasteiger partial charge in [0.2, 0.25) is 0 Å². The van der Waals surface area contributed by atoms with Gasteiger partial charge < -0.3 is 4.98 Å². The quantitative estimate of drug-likeness (QED) is 0.587. The maximum Gasteiger partial charge on any atom is 0.0945 e. The Morgan fingerprint density at radius 2 is 1.87 bits per heavy atom. The van der Waals surface area contributed by atoms with E-state index >= 15 is 0 Å². The van der Waals surface area contributed by atoms with Crippen LogP contribution in [0.3, 0.4) is 0 Å². The minimum absolute atomic E-state index is 1.07. The Balaban J connectivity index is 2.70. The molecule has 0 atom stereocenters. The smallest absolute Gasteiger partial charge is 0.0945 e. The van der Waals surface area contributed by atoms with Crippen molar-refractivity contribution in [2.45, 2.75) is 13.8 Å². The van der Waals surface area contributed by atoms with E-state index in [-0.39, 0.29) is 0 Å². The number of benzene rings is 1. The molecule has 0 bridgehead atoms. The van der Waals surface area contributed by atoms with E-state index < -0.39 is 0 Å². The van der Waals surface area contributed by atoms with Gasteiger partial charge in [-0.15, -0.1) is 0 Å². The maximum atomic E-state index is 4.45. The molecule has 0 aliphatic carbocycles. The number of fused-ring (bicyclic) bond motifs is 3. The third-order valence-electron chi connectivity index (χ3n) is 3.16. The first kappa shape index (κ1) is 8.48. The van der Waals surface area contributed by atoms with Crippen molar-refractivity contribution in [2.24, 2.45) is 0 Å². The van der Waals surface area contributed by atoms with Crippen molar-refractivity contribution >= 4 is 21.8 Å². The SMILES string of the molecule is Cc1c(C)c2cc[nH]c2c2ncccc12. The fraction of sp³-hybridized carbons (Fsp3) is 0.154. The Morgan fingerprint density at radius 1 is 1.07 bits per heavy atom. The van der Waals surface area contributed by atoms with Crippen LogP contribution in [0.1, 0.15) is 11.1 Å². The van der Waals surface area contributed by atoms with Crippen LogP contribution in [0.2, 0.25) is 0 Å². The van der Waals surface area contributed by atoms with Gasteiger partial charge in [-0.1, -0.05) is 6.07 Å². The second-order valence-electron chi connectivity index (χ2n) is 3.92. The number of aromatic nitrogens is 2. The summed E-state index contributed by atoms with van der Waals surface area (Å²) in [7, 11) is 0. The zero-order valence-electron chi connectivity index (χ0n) is 8.83. The molecule has 2 nitrogen and oxygen atoms in total. The van der Waals surface area contributed by atoms with Crippen LogP contribution in [0.5, 0.6) is 0 Å². The predicted octanol–water partition coefficient (Wildman–Crippen LogP) is 3.33. The molecule has 0 radical (unpaired) electrons. The van der Waals surface area contributed by atoms with Crippen molar-refractivity contribution in [3.8, 4) is 0 Å². The lowest BCUT2D eigenvalue weighted by atomic mass is 10.0. The number of nitrogens with one attached hydrogen (secondary N) is 1. The van der Waals surface area contributed by atoms with Crippen LogP contribution in [0.4, 0.5) is 0 Å². The van der Waals surface area contributed by atoms with Crippen LogP contribution in [0, 0.1) is 13.8 Å². The molecule has 0 saturated heterocycles. The molecule has 2 heterocycles. The summed E-state index contributed by atoms with van der Waals surface area (Å²) in [6, 6.07) is 6.24. The Kier molecular flexibility index (Phi) is 1.60. The average molecular weight is 196 g/mol. The zero-order valence-corrected chi connectivity index (χ0v) is 8.83. The number of hydrogen-bond acceptors (Lipinski definition) is 1. The lowest BCUT2D eigenvalue weighted by Gasteiger charge is -2.07. The van der Waals surface area contributed by atoms with E-state index in [9.17, 15) is 0 Å². The third-order valence-corrected chi connectivity index (χ3v) is 3.16. The van der Waals surface area contributed by atoms with Crippen LogP contribution in [-0.4, -0.2) is 9.97 Å². The molecule has 0 unspecified atom stereocenters. The third kappa shape index (κ3) is 1.02. The lowest BCUT2D eigenvalue weighted by Crippen LogP contribution is -1.88. The van der Waals surface area contributed by atoms with E-state index in [0.717, 1.165) is 11.0 Å². The highest BCUT2D eigenvalue weighted by atomic mass is 14.7. The summed E-state index contributed by atoms with van der Waals surface area (Å²) in [6.07, 6.45) is 3.82. The van der Waals surface area contributed by atoms with Gasteiger partial charge in [-0.3, -0.25) is 4.98 Å². The number of aryl methyl sites for hydroxylation is 2. The molecule has 1 N–H and O–H groups in total. The van der Waals surface area contributed by atoms with Crippen molar-refractivity contribution in [3.63, 3.8) is 0 Å². The summed E-state index contributed by atoms with van der Waals surface area (Å²) in [5.74, 6) is 0. The fourth-order valence-electron chi connectivity index (χ4n) is 2.19. The van der Waals surface area contributed by atoms with Crippen LogP contribution >= 0.6 is 0 Å². The number of rotatable bonds is 0. The van der Waals surface area contributed by atoms with E-state index in [1.165, 1.54) is 21.9 Å². The molecular formula is C13H12N2. The number of H-pyrrole nitrogens is 1. The highest BCUT2D eigenvalue weighted by Gasteiger charge is 2.09. The molecule has 74 valence electrons. The van der Waals surface area contributed by atoms with Gasteiger partial charge >= 0.3 is 0 Å². The molecule has 0 aliphatic rings. The number of pyridine rings is 1. The topological polar surface area (TPSA) is 28.7 Å². The highest BCUT2D eigenvalue weighted by Crippen LogP contribution is 2.29. The van der Waals surface area contributed by atoms with Crippen LogP contribution < -0.4 is 0 Å². The summed E-state index contributed by atoms with van der Waals surface area (Å²) in [5, 5.41) is 2.52. The predicted molar refractivity (Wildman–Crippen MR) is 63.1 cm³/mol.